The Kier molecular flexibility index (Phi) is 13.4. The van der Waals surface area contributed by atoms with Crippen molar-refractivity contribution in [3.63, 3.8) is 0 Å². The summed E-state index contributed by atoms with van der Waals surface area (Å²) in [5, 5.41) is 37.4. The maximum absolute atomic E-state index is 14.2. The first-order valence-corrected chi connectivity index (χ1v) is 19.6. The molecular weight excluding hydrogens is 656 g/mol. The second-order valence-corrected chi connectivity index (χ2v) is 17.2. The molecule has 0 spiro atoms. The van der Waals surface area contributed by atoms with Crippen molar-refractivity contribution in [1.29, 1.82) is 0 Å². The molecule has 1 heterocycles. The fourth-order valence-corrected chi connectivity index (χ4v) is 9.53. The normalized spacial score (nSPS) is 28.2. The third-order valence-electron chi connectivity index (χ3n) is 12.4. The third-order valence-corrected chi connectivity index (χ3v) is 12.4. The molecule has 1 saturated heterocycles. The third kappa shape index (κ3) is 8.96. The van der Waals surface area contributed by atoms with Gasteiger partial charge in [-0.25, -0.2) is 0 Å². The van der Waals surface area contributed by atoms with Crippen LogP contribution in [0.2, 0.25) is 0 Å². The van der Waals surface area contributed by atoms with Crippen molar-refractivity contribution < 1.29 is 29.7 Å². The number of amides is 1. The average Bonchev–Trinajstić information content (AvgIpc) is 3.45. The lowest BCUT2D eigenvalue weighted by Crippen LogP contribution is -2.62. The maximum Gasteiger partial charge on any atom is 0.240 e. The molecule has 4 aliphatic rings. The highest BCUT2D eigenvalue weighted by Crippen LogP contribution is 2.61. The number of hydrogen-bond acceptors (Lipinski definition) is 9. The molecule has 3 saturated carbocycles. The van der Waals surface area contributed by atoms with Crippen LogP contribution in [0.3, 0.4) is 0 Å². The molecule has 0 aromatic heterocycles. The van der Waals surface area contributed by atoms with Crippen LogP contribution in [-0.2, 0) is 29.3 Å². The van der Waals surface area contributed by atoms with Gasteiger partial charge in [0.25, 0.3) is 0 Å². The first-order chi connectivity index (χ1) is 24.6. The fourth-order valence-electron chi connectivity index (χ4n) is 9.53. The summed E-state index contributed by atoms with van der Waals surface area (Å²) in [5.74, 6) is 2.00. The zero-order valence-corrected chi connectivity index (χ0v) is 33.1. The number of benzene rings is 2. The second kappa shape index (κ2) is 17.2. The van der Waals surface area contributed by atoms with Gasteiger partial charge in [-0.3, -0.25) is 14.5 Å². The number of carbonyl (C=O) groups excluding carboxylic acids is 1. The lowest BCUT2D eigenvalue weighted by atomic mass is 9.45. The molecule has 10 nitrogen and oxygen atoms in total. The van der Waals surface area contributed by atoms with Crippen molar-refractivity contribution in [3.8, 4) is 11.5 Å². The van der Waals surface area contributed by atoms with Gasteiger partial charge in [-0.05, 0) is 93.5 Å². The zero-order valence-electron chi connectivity index (χ0n) is 33.1. The Bertz CT molecular complexity index is 1470. The summed E-state index contributed by atoms with van der Waals surface area (Å²) >= 11 is 0. The van der Waals surface area contributed by atoms with Gasteiger partial charge in [-0.15, -0.1) is 0 Å². The van der Waals surface area contributed by atoms with Gasteiger partial charge in [0, 0.05) is 43.2 Å². The topological polar surface area (TPSA) is 118 Å². The van der Waals surface area contributed by atoms with Gasteiger partial charge in [-0.1, -0.05) is 71.0 Å². The smallest absolute Gasteiger partial charge is 0.240 e. The molecule has 290 valence electrons. The first-order valence-electron chi connectivity index (χ1n) is 19.6. The lowest BCUT2D eigenvalue weighted by molar-refractivity contribution is -0.183. The minimum Gasteiger partial charge on any atom is -0.504 e. The summed E-state index contributed by atoms with van der Waals surface area (Å²) in [6.45, 7) is 17.6. The van der Waals surface area contributed by atoms with Gasteiger partial charge in [-0.2, -0.15) is 5.06 Å². The van der Waals surface area contributed by atoms with Crippen molar-refractivity contribution in [2.24, 2.45) is 35.0 Å². The number of phenolic OH excluding ortho intramolecular Hbond substituents is 1. The van der Waals surface area contributed by atoms with E-state index in [0.29, 0.717) is 61.1 Å². The van der Waals surface area contributed by atoms with Gasteiger partial charge < -0.3 is 30.3 Å². The molecular formula is C42H66N4O6. The summed E-state index contributed by atoms with van der Waals surface area (Å²) < 4.78 is 5.72. The van der Waals surface area contributed by atoms with E-state index in [0.717, 1.165) is 36.1 Å². The van der Waals surface area contributed by atoms with Crippen molar-refractivity contribution >= 4 is 5.91 Å². The van der Waals surface area contributed by atoms with E-state index in [-0.39, 0.29) is 30.3 Å². The number of nitrogens with zero attached hydrogens (tertiary/aromatic N) is 3. The number of fused-ring (bicyclic) bond motifs is 2. The molecule has 1 aliphatic heterocycles. The van der Waals surface area contributed by atoms with Gasteiger partial charge in [0.05, 0.1) is 25.9 Å². The van der Waals surface area contributed by atoms with Crippen LogP contribution in [0, 0.1) is 35.0 Å². The van der Waals surface area contributed by atoms with Crippen molar-refractivity contribution in [2.75, 3.05) is 33.9 Å². The Balaban J connectivity index is 1.38. The van der Waals surface area contributed by atoms with Gasteiger partial charge in [0.15, 0.2) is 11.5 Å². The minimum atomic E-state index is -0.846. The van der Waals surface area contributed by atoms with Gasteiger partial charge >= 0.3 is 0 Å². The Morgan fingerprint density at radius 3 is 2.42 bits per heavy atom. The molecule has 4 fully saturated rings. The zero-order chi connectivity index (χ0) is 37.9. The maximum atomic E-state index is 14.2. The molecule has 2 aromatic rings. The van der Waals surface area contributed by atoms with E-state index in [9.17, 15) is 20.1 Å². The van der Waals surface area contributed by atoms with E-state index in [1.807, 2.05) is 31.2 Å². The van der Waals surface area contributed by atoms with Crippen LogP contribution in [0.5, 0.6) is 11.5 Å². The number of ether oxygens (including phenoxy) is 1. The van der Waals surface area contributed by atoms with E-state index in [1.54, 1.807) is 18.1 Å². The summed E-state index contributed by atoms with van der Waals surface area (Å²) in [5.41, 5.74) is 3.21. The standard InChI is InChI=1S/C42H66N4O6/c1-10-51-36-16-12-15-31(40(36)49)23-45(33(17-26(2)3)24-44(8)9)21-29-13-11-14-30(18-29)22-46-39(38(28(5)48)37(25-47)52-46)41(50)43-35-20-32-19-34(27(35)4)42(32,6)7/h11-16,18,26-28,32-35,37-39,47-49H,10,17,19-25H2,1-9H3,(H,43,50)/t27-,28-,32-,33-,34+,35-,37-,38+,39-/m0/s1. The van der Waals surface area contributed by atoms with Crippen LogP contribution in [-0.4, -0.2) is 100 Å². The van der Waals surface area contributed by atoms with Crippen LogP contribution in [0.15, 0.2) is 42.5 Å². The second-order valence-electron chi connectivity index (χ2n) is 17.2. The van der Waals surface area contributed by atoms with E-state index >= 15 is 0 Å². The molecule has 6 rings (SSSR count). The van der Waals surface area contributed by atoms with Crippen molar-refractivity contribution in [2.45, 2.75) is 118 Å². The van der Waals surface area contributed by atoms with Crippen LogP contribution in [0.1, 0.15) is 84.4 Å². The number of aliphatic hydroxyl groups excluding tert-OH is 2. The highest BCUT2D eigenvalue weighted by atomic mass is 16.7. The lowest BCUT2D eigenvalue weighted by Gasteiger charge is -2.62. The Hall–Kier alpha value is -2.73. The molecule has 3 aliphatic carbocycles. The molecule has 0 unspecified atom stereocenters. The summed E-state index contributed by atoms with van der Waals surface area (Å²) in [4.78, 5) is 25.1. The number of aliphatic hydroxyl groups is 2. The van der Waals surface area contributed by atoms with Gasteiger partial charge in [0.1, 0.15) is 12.1 Å². The Labute approximate surface area is 312 Å². The summed E-state index contributed by atoms with van der Waals surface area (Å²) in [7, 11) is 4.20. The van der Waals surface area contributed by atoms with Crippen molar-refractivity contribution in [1.82, 2.24) is 20.2 Å². The monoisotopic (exact) mass is 722 g/mol. The van der Waals surface area contributed by atoms with Crippen LogP contribution in [0.4, 0.5) is 0 Å². The van der Waals surface area contributed by atoms with Crippen molar-refractivity contribution in [3.05, 3.63) is 59.2 Å². The summed E-state index contributed by atoms with van der Waals surface area (Å²) in [6, 6.07) is 13.6. The van der Waals surface area contributed by atoms with Crippen LogP contribution in [0.25, 0.3) is 0 Å². The number of phenols is 1. The highest BCUT2D eigenvalue weighted by molar-refractivity contribution is 5.82. The first kappa shape index (κ1) is 40.5. The highest BCUT2D eigenvalue weighted by Gasteiger charge is 2.57. The Morgan fingerprint density at radius 2 is 1.81 bits per heavy atom. The summed E-state index contributed by atoms with van der Waals surface area (Å²) in [6.07, 6.45) is 1.65. The van der Waals surface area contributed by atoms with E-state index < -0.39 is 24.2 Å². The van der Waals surface area contributed by atoms with E-state index in [1.165, 1.54) is 6.42 Å². The molecule has 52 heavy (non-hydrogen) atoms. The fraction of sp³-hybridized carbons (Fsp3) is 0.690. The van der Waals surface area contributed by atoms with E-state index in [4.69, 9.17) is 9.57 Å². The molecule has 0 radical (unpaired) electrons. The molecule has 10 heteroatoms. The average molecular weight is 723 g/mol. The van der Waals surface area contributed by atoms with Gasteiger partial charge in [0.2, 0.25) is 5.91 Å². The number of hydrogen-bond donors (Lipinski definition) is 4. The molecule has 1 amide bonds. The number of likely N-dealkylation sites (N-methyl/N-ethyl adjacent to an activating group) is 1. The molecule has 9 atom stereocenters. The number of rotatable bonds is 17. The quantitative estimate of drug-likeness (QED) is 0.170. The van der Waals surface area contributed by atoms with E-state index in [2.05, 4.69) is 76.0 Å². The number of hydroxylamine groups is 2. The van der Waals surface area contributed by atoms with Crippen LogP contribution >= 0.6 is 0 Å². The largest absolute Gasteiger partial charge is 0.504 e. The number of para-hydroxylation sites is 1. The SMILES string of the molecule is CCOc1cccc(CN(Cc2cccc(CN3O[C@@H](CO)[C@@H]([C@H](C)O)[C@H]3C(=O)N[C@H]3C[C@@H]4C[C@H]([C@@H]3C)C4(C)C)c2)[C@@H](CC(C)C)CN(C)C)c1O. The molecule has 4 N–H and O–H groups in total. The molecule has 2 bridgehead atoms. The minimum absolute atomic E-state index is 0.0814. The Morgan fingerprint density at radius 1 is 1.10 bits per heavy atom. The number of aromatic hydroxyl groups is 1. The molecule has 2 aromatic carbocycles. The number of nitrogens with one attached hydrogen (secondary N) is 1. The number of carbonyl (C=O) groups is 1. The predicted octanol–water partition coefficient (Wildman–Crippen LogP) is 5.43. The predicted molar refractivity (Wildman–Crippen MR) is 204 cm³/mol. The van der Waals surface area contributed by atoms with Crippen LogP contribution < -0.4 is 10.1 Å².